The van der Waals surface area contributed by atoms with Crippen LogP contribution in [0.1, 0.15) is 20.8 Å². The first-order chi connectivity index (χ1) is 7.29. The van der Waals surface area contributed by atoms with Crippen LogP contribution in [0.3, 0.4) is 0 Å². The molecule has 1 rings (SSSR count). The molecular formula is C7H10N4O5. The minimum atomic E-state index is -1.00. The quantitative estimate of drug-likeness (QED) is 0.421. The van der Waals surface area contributed by atoms with Crippen LogP contribution in [0.4, 0.5) is 10.7 Å². The molecule has 0 fully saturated rings. The summed E-state index contributed by atoms with van der Waals surface area (Å²) in [5.41, 5.74) is -0.678. The van der Waals surface area contributed by atoms with Gasteiger partial charge in [-0.25, -0.2) is 4.79 Å². The molecule has 0 aliphatic heterocycles. The van der Waals surface area contributed by atoms with Crippen molar-refractivity contribution in [2.45, 2.75) is 26.4 Å². The molecule has 0 aliphatic rings. The highest BCUT2D eigenvalue weighted by molar-refractivity contribution is 5.68. The summed E-state index contributed by atoms with van der Waals surface area (Å²) in [6.45, 7) is 5.01. The van der Waals surface area contributed by atoms with E-state index in [4.69, 9.17) is 4.89 Å². The summed E-state index contributed by atoms with van der Waals surface area (Å²) in [6, 6.07) is 0. The van der Waals surface area contributed by atoms with Gasteiger partial charge >= 0.3 is 12.0 Å². The van der Waals surface area contributed by atoms with Crippen LogP contribution in [0.15, 0.2) is 6.33 Å². The Bertz CT molecular complexity index is 407. The lowest BCUT2D eigenvalue weighted by Gasteiger charge is -2.15. The molecule has 0 amide bonds. The van der Waals surface area contributed by atoms with Crippen LogP contribution in [-0.4, -0.2) is 31.4 Å². The number of nitrogens with zero attached hydrogens (tertiary/aromatic N) is 4. The summed E-state index contributed by atoms with van der Waals surface area (Å²) in [4.78, 5) is 33.0. The fraction of sp³-hybridized carbons (Fsp3) is 0.571. The van der Waals surface area contributed by atoms with E-state index in [0.29, 0.717) is 4.68 Å². The lowest BCUT2D eigenvalue weighted by atomic mass is 10.2. The van der Waals surface area contributed by atoms with Crippen LogP contribution in [0.25, 0.3) is 0 Å². The minimum Gasteiger partial charge on any atom is -0.390 e. The minimum absolute atomic E-state index is 0.573. The Labute approximate surface area is 90.1 Å². The molecule has 0 aromatic carbocycles. The smallest absolute Gasteiger partial charge is 0.390 e. The van der Waals surface area contributed by atoms with Crippen LogP contribution in [0.5, 0.6) is 0 Å². The van der Waals surface area contributed by atoms with Gasteiger partial charge in [-0.3, -0.25) is 4.89 Å². The molecule has 9 heteroatoms. The van der Waals surface area contributed by atoms with Crippen LogP contribution in [0, 0.1) is 10.1 Å². The predicted octanol–water partition coefficient (Wildman–Crippen LogP) is 0.901. The monoisotopic (exact) mass is 230 g/mol. The number of carbonyl (C=O) groups excluding carboxylic acids is 1. The number of hydrogen-bond acceptors (Lipinski definition) is 7. The van der Waals surface area contributed by atoms with Gasteiger partial charge in [-0.1, -0.05) is 9.67 Å². The van der Waals surface area contributed by atoms with Gasteiger partial charge in [0.25, 0.3) is 0 Å². The second-order valence-electron chi connectivity index (χ2n) is 3.79. The van der Waals surface area contributed by atoms with Crippen molar-refractivity contribution >= 4 is 12.0 Å². The van der Waals surface area contributed by atoms with Crippen LogP contribution in [0.2, 0.25) is 0 Å². The van der Waals surface area contributed by atoms with Gasteiger partial charge in [-0.2, -0.15) is 4.89 Å². The fourth-order valence-corrected chi connectivity index (χ4v) is 0.625. The molecule has 0 unspecified atom stereocenters. The first-order valence-corrected chi connectivity index (χ1v) is 4.26. The van der Waals surface area contributed by atoms with E-state index in [1.54, 1.807) is 20.8 Å². The summed E-state index contributed by atoms with van der Waals surface area (Å²) < 4.78 is 0.573. The van der Waals surface area contributed by atoms with Gasteiger partial charge in [-0.05, 0) is 25.7 Å². The Morgan fingerprint density at radius 3 is 2.62 bits per heavy atom. The van der Waals surface area contributed by atoms with Gasteiger partial charge in [0, 0.05) is 5.10 Å². The van der Waals surface area contributed by atoms with Crippen molar-refractivity contribution in [1.82, 2.24) is 14.8 Å². The van der Waals surface area contributed by atoms with Gasteiger partial charge in [0.1, 0.15) is 5.60 Å². The number of carbonyl (C=O) groups is 1. The highest BCUT2D eigenvalue weighted by Crippen LogP contribution is 2.08. The standard InChI is InChI=1S/C7H10N4O5/c1-7(2,3)16-15-6(12)10-4-8-5(9-10)11(13)14/h4H,1-3H3. The summed E-state index contributed by atoms with van der Waals surface area (Å²) in [5.74, 6) is -0.687. The molecule has 0 N–H and O–H groups in total. The first kappa shape index (κ1) is 12.0. The van der Waals surface area contributed by atoms with Gasteiger partial charge in [0.05, 0.1) is 0 Å². The molecular weight excluding hydrogens is 220 g/mol. The van der Waals surface area contributed by atoms with Crippen molar-refractivity contribution in [3.8, 4) is 0 Å². The second kappa shape index (κ2) is 4.23. The molecule has 0 saturated heterocycles. The average molecular weight is 230 g/mol. The van der Waals surface area contributed by atoms with E-state index < -0.39 is 22.6 Å². The maximum atomic E-state index is 11.2. The molecule has 1 aromatic heterocycles. The molecule has 88 valence electrons. The topological polar surface area (TPSA) is 109 Å². The molecule has 1 heterocycles. The summed E-state index contributed by atoms with van der Waals surface area (Å²) in [7, 11) is 0. The van der Waals surface area contributed by atoms with E-state index in [1.807, 2.05) is 0 Å². The molecule has 0 aliphatic carbocycles. The number of nitro groups is 1. The van der Waals surface area contributed by atoms with Crippen molar-refractivity contribution in [3.05, 3.63) is 16.4 Å². The van der Waals surface area contributed by atoms with Gasteiger partial charge in [-0.15, -0.1) is 0 Å². The normalized spacial score (nSPS) is 11.2. The lowest BCUT2D eigenvalue weighted by Crippen LogP contribution is -2.24. The van der Waals surface area contributed by atoms with E-state index >= 15 is 0 Å². The third-order valence-corrected chi connectivity index (χ3v) is 1.19. The maximum absolute atomic E-state index is 11.2. The molecule has 1 aromatic rings. The molecule has 16 heavy (non-hydrogen) atoms. The molecule has 0 bridgehead atoms. The average Bonchev–Trinajstić information content (AvgIpc) is 2.61. The zero-order valence-corrected chi connectivity index (χ0v) is 8.91. The Kier molecular flexibility index (Phi) is 3.18. The molecule has 0 saturated carbocycles. The van der Waals surface area contributed by atoms with Gasteiger partial charge in [0.15, 0.2) is 0 Å². The third kappa shape index (κ3) is 3.28. The Balaban J connectivity index is 2.63. The van der Waals surface area contributed by atoms with E-state index in [1.165, 1.54) is 0 Å². The Hall–Kier alpha value is -2.03. The summed E-state index contributed by atoms with van der Waals surface area (Å²) in [5, 5.41) is 13.5. The Morgan fingerprint density at radius 2 is 2.19 bits per heavy atom. The van der Waals surface area contributed by atoms with Gasteiger partial charge < -0.3 is 10.1 Å². The number of hydrogen-bond donors (Lipinski definition) is 0. The molecule has 0 atom stereocenters. The zero-order chi connectivity index (χ0) is 12.3. The van der Waals surface area contributed by atoms with Crippen molar-refractivity contribution in [2.24, 2.45) is 0 Å². The van der Waals surface area contributed by atoms with Crippen LogP contribution in [-0.2, 0) is 9.78 Å². The third-order valence-electron chi connectivity index (χ3n) is 1.19. The fourth-order valence-electron chi connectivity index (χ4n) is 0.625. The van der Waals surface area contributed by atoms with Crippen molar-refractivity contribution < 1.29 is 19.5 Å². The molecule has 9 nitrogen and oxygen atoms in total. The zero-order valence-electron chi connectivity index (χ0n) is 8.91. The molecule has 0 radical (unpaired) electrons. The van der Waals surface area contributed by atoms with E-state index in [-0.39, 0.29) is 0 Å². The highest BCUT2D eigenvalue weighted by Gasteiger charge is 2.22. The SMILES string of the molecule is CC(C)(C)OOC(=O)n1cnc([N+](=O)[O-])n1. The number of aromatic nitrogens is 3. The van der Waals surface area contributed by atoms with Gasteiger partial charge in [0.2, 0.25) is 6.33 Å². The van der Waals surface area contributed by atoms with Crippen LogP contribution >= 0.6 is 0 Å². The lowest BCUT2D eigenvalue weighted by molar-refractivity contribution is -0.394. The summed E-state index contributed by atoms with van der Waals surface area (Å²) in [6.07, 6.45) is -0.137. The maximum Gasteiger partial charge on any atom is 0.491 e. The van der Waals surface area contributed by atoms with Crippen molar-refractivity contribution in [2.75, 3.05) is 0 Å². The van der Waals surface area contributed by atoms with E-state index in [0.717, 1.165) is 6.33 Å². The highest BCUT2D eigenvalue weighted by atomic mass is 17.2. The molecule has 0 spiro atoms. The first-order valence-electron chi connectivity index (χ1n) is 4.26. The largest absolute Gasteiger partial charge is 0.491 e. The van der Waals surface area contributed by atoms with Crippen molar-refractivity contribution in [1.29, 1.82) is 0 Å². The summed E-state index contributed by atoms with van der Waals surface area (Å²) >= 11 is 0. The number of rotatable bonds is 2. The predicted molar refractivity (Wildman–Crippen MR) is 49.4 cm³/mol. The van der Waals surface area contributed by atoms with Crippen LogP contribution < -0.4 is 0 Å². The van der Waals surface area contributed by atoms with E-state index in [2.05, 4.69) is 15.0 Å². The Morgan fingerprint density at radius 1 is 1.56 bits per heavy atom. The van der Waals surface area contributed by atoms with Crippen molar-refractivity contribution in [3.63, 3.8) is 0 Å². The second-order valence-corrected chi connectivity index (χ2v) is 3.79. The van der Waals surface area contributed by atoms with E-state index in [9.17, 15) is 14.9 Å².